The second-order valence-corrected chi connectivity index (χ2v) is 6.62. The number of carbonyl (C=O) groups is 1. The van der Waals surface area contributed by atoms with Gasteiger partial charge in [0.25, 0.3) is 5.56 Å². The molecule has 0 unspecified atom stereocenters. The van der Waals surface area contributed by atoms with Crippen LogP contribution < -0.4 is 10.9 Å². The molecule has 0 saturated heterocycles. The van der Waals surface area contributed by atoms with E-state index in [0.717, 1.165) is 16.9 Å². The van der Waals surface area contributed by atoms with Crippen molar-refractivity contribution < 1.29 is 14.3 Å². The van der Waals surface area contributed by atoms with E-state index in [1.807, 2.05) is 0 Å². The number of aromatic nitrogens is 2. The Morgan fingerprint density at radius 3 is 2.71 bits per heavy atom. The summed E-state index contributed by atoms with van der Waals surface area (Å²) in [5.74, 6) is -1.78. The van der Waals surface area contributed by atoms with E-state index in [4.69, 9.17) is 0 Å². The maximum atomic E-state index is 14.1. The van der Waals surface area contributed by atoms with Gasteiger partial charge in [0.1, 0.15) is 27.4 Å². The van der Waals surface area contributed by atoms with Gasteiger partial charge in [0.15, 0.2) is 0 Å². The van der Waals surface area contributed by atoms with Gasteiger partial charge in [-0.2, -0.15) is 0 Å². The minimum atomic E-state index is -1.24. The first kappa shape index (κ1) is 16.1. The Labute approximate surface area is 140 Å². The third kappa shape index (κ3) is 2.54. The molecule has 24 heavy (non-hydrogen) atoms. The molecule has 8 heteroatoms. The van der Waals surface area contributed by atoms with Crippen LogP contribution in [0.5, 0.6) is 0 Å². The molecule has 3 aromatic rings. The number of hydrogen-bond donors (Lipinski definition) is 2. The number of aromatic carboxylic acids is 1. The van der Waals surface area contributed by atoms with Gasteiger partial charge in [0.05, 0.1) is 10.7 Å². The first-order valence-electron chi connectivity index (χ1n) is 7.06. The number of carboxylic acid groups (broad SMARTS) is 1. The molecule has 1 aromatic carbocycles. The normalized spacial score (nSPS) is 11.0. The van der Waals surface area contributed by atoms with E-state index in [-0.39, 0.29) is 32.8 Å². The number of halogens is 1. The lowest BCUT2D eigenvalue weighted by atomic mass is 10.2. The molecule has 0 saturated carbocycles. The van der Waals surface area contributed by atoms with Gasteiger partial charge in [-0.3, -0.25) is 9.36 Å². The number of aryl methyl sites for hydroxylation is 2. The smallest absolute Gasteiger partial charge is 0.341 e. The minimum Gasteiger partial charge on any atom is -0.477 e. The molecule has 6 nitrogen and oxygen atoms in total. The number of nitrogens with zero attached hydrogens (tertiary/aromatic N) is 2. The van der Waals surface area contributed by atoms with Gasteiger partial charge in [-0.15, -0.1) is 11.3 Å². The fraction of sp³-hybridized carbons (Fsp3) is 0.188. The van der Waals surface area contributed by atoms with Crippen LogP contribution in [0.2, 0.25) is 0 Å². The van der Waals surface area contributed by atoms with Crippen LogP contribution in [-0.2, 0) is 7.05 Å². The fourth-order valence-electron chi connectivity index (χ4n) is 2.47. The number of carboxylic acids is 1. The Balaban J connectivity index is 2.30. The number of thiazole rings is 1. The summed E-state index contributed by atoms with van der Waals surface area (Å²) >= 11 is 1.13. The van der Waals surface area contributed by atoms with Crippen LogP contribution in [-0.4, -0.2) is 20.6 Å². The Morgan fingerprint density at radius 2 is 2.08 bits per heavy atom. The van der Waals surface area contributed by atoms with E-state index < -0.39 is 11.8 Å². The molecule has 2 aromatic heterocycles. The van der Waals surface area contributed by atoms with Crippen LogP contribution >= 0.6 is 11.3 Å². The first-order chi connectivity index (χ1) is 11.3. The zero-order valence-corrected chi connectivity index (χ0v) is 14.0. The predicted molar refractivity (Wildman–Crippen MR) is 91.0 cm³/mol. The molecule has 0 amide bonds. The van der Waals surface area contributed by atoms with Gasteiger partial charge in [-0.1, -0.05) is 6.07 Å². The quantitative estimate of drug-likeness (QED) is 0.760. The summed E-state index contributed by atoms with van der Waals surface area (Å²) in [5, 5.41) is 12.9. The Morgan fingerprint density at radius 1 is 1.38 bits per heavy atom. The van der Waals surface area contributed by atoms with Crippen LogP contribution in [0.4, 0.5) is 15.9 Å². The summed E-state index contributed by atoms with van der Waals surface area (Å²) < 4.78 is 15.5. The van der Waals surface area contributed by atoms with Gasteiger partial charge < -0.3 is 10.4 Å². The van der Waals surface area contributed by atoms with Crippen molar-refractivity contribution in [1.29, 1.82) is 0 Å². The summed E-state index contributed by atoms with van der Waals surface area (Å²) in [5.41, 5.74) is 0.399. The van der Waals surface area contributed by atoms with E-state index in [0.29, 0.717) is 5.01 Å². The molecule has 2 heterocycles. The van der Waals surface area contributed by atoms with Crippen molar-refractivity contribution in [2.45, 2.75) is 13.8 Å². The SMILES string of the molecule is Cc1ccc(Nc2c(C(=O)O)c3nc(C)sc3c(=O)n2C)c(F)c1. The number of anilines is 2. The standard InChI is InChI=1S/C16H14FN3O3S/c1-7-4-5-10(9(17)6-7)19-14-11(16(22)23)12-13(15(21)20(14)3)24-8(2)18-12/h4-6,19H,1-3H3,(H,22,23). The monoisotopic (exact) mass is 347 g/mol. The molecular formula is C16H14FN3O3S. The molecule has 2 N–H and O–H groups in total. The largest absolute Gasteiger partial charge is 0.477 e. The van der Waals surface area contributed by atoms with E-state index in [2.05, 4.69) is 10.3 Å². The predicted octanol–water partition coefficient (Wildman–Crippen LogP) is 3.19. The van der Waals surface area contributed by atoms with Gasteiger partial charge in [0.2, 0.25) is 0 Å². The molecule has 0 aliphatic heterocycles. The zero-order valence-electron chi connectivity index (χ0n) is 13.2. The van der Waals surface area contributed by atoms with E-state index in [9.17, 15) is 19.1 Å². The van der Waals surface area contributed by atoms with E-state index >= 15 is 0 Å². The average Bonchev–Trinajstić information content (AvgIpc) is 2.88. The summed E-state index contributed by atoms with van der Waals surface area (Å²) in [6, 6.07) is 4.51. The molecule has 0 spiro atoms. The number of rotatable bonds is 3. The highest BCUT2D eigenvalue weighted by atomic mass is 32.1. The number of benzene rings is 1. The first-order valence-corrected chi connectivity index (χ1v) is 7.88. The highest BCUT2D eigenvalue weighted by Gasteiger charge is 2.23. The zero-order chi connectivity index (χ0) is 17.6. The second-order valence-electron chi connectivity index (χ2n) is 5.41. The van der Waals surface area contributed by atoms with Gasteiger partial charge in [-0.25, -0.2) is 14.2 Å². The highest BCUT2D eigenvalue weighted by molar-refractivity contribution is 7.18. The van der Waals surface area contributed by atoms with E-state index in [1.165, 1.54) is 23.7 Å². The molecule has 0 atom stereocenters. The molecule has 0 aliphatic carbocycles. The lowest BCUT2D eigenvalue weighted by molar-refractivity contribution is 0.0699. The third-order valence-electron chi connectivity index (χ3n) is 3.63. The lowest BCUT2D eigenvalue weighted by Gasteiger charge is -2.15. The number of nitrogens with one attached hydrogen (secondary N) is 1. The van der Waals surface area contributed by atoms with Crippen LogP contribution in [0.25, 0.3) is 10.2 Å². The van der Waals surface area contributed by atoms with Crippen LogP contribution in [0.3, 0.4) is 0 Å². The molecule has 3 rings (SSSR count). The Kier molecular flexibility index (Phi) is 3.84. The van der Waals surface area contributed by atoms with Crippen LogP contribution in [0, 0.1) is 19.7 Å². The van der Waals surface area contributed by atoms with Crippen molar-refractivity contribution >= 4 is 39.0 Å². The third-order valence-corrected chi connectivity index (χ3v) is 4.59. The van der Waals surface area contributed by atoms with Crippen LogP contribution in [0.15, 0.2) is 23.0 Å². The minimum absolute atomic E-state index is 0.00643. The van der Waals surface area contributed by atoms with Crippen molar-refractivity contribution in [2.75, 3.05) is 5.32 Å². The van der Waals surface area contributed by atoms with Crippen molar-refractivity contribution in [3.8, 4) is 0 Å². The Bertz CT molecular complexity index is 1040. The molecule has 0 aliphatic rings. The van der Waals surface area contributed by atoms with Crippen molar-refractivity contribution in [1.82, 2.24) is 9.55 Å². The van der Waals surface area contributed by atoms with Gasteiger partial charge in [0, 0.05) is 7.05 Å². The lowest BCUT2D eigenvalue weighted by Crippen LogP contribution is -2.23. The summed E-state index contributed by atoms with van der Waals surface area (Å²) in [6.45, 7) is 3.44. The van der Waals surface area contributed by atoms with E-state index in [1.54, 1.807) is 19.9 Å². The average molecular weight is 347 g/mol. The number of hydrogen-bond acceptors (Lipinski definition) is 5. The maximum Gasteiger partial charge on any atom is 0.341 e. The van der Waals surface area contributed by atoms with Crippen LogP contribution in [0.1, 0.15) is 20.9 Å². The number of fused-ring (bicyclic) bond motifs is 1. The summed E-state index contributed by atoms with van der Waals surface area (Å²) in [7, 11) is 1.44. The highest BCUT2D eigenvalue weighted by Crippen LogP contribution is 2.29. The number of pyridine rings is 1. The van der Waals surface area contributed by atoms with Gasteiger partial charge >= 0.3 is 5.97 Å². The summed E-state index contributed by atoms with van der Waals surface area (Å²) in [6.07, 6.45) is 0. The molecule has 0 fully saturated rings. The van der Waals surface area contributed by atoms with Gasteiger partial charge in [-0.05, 0) is 31.5 Å². The molecule has 0 bridgehead atoms. The fourth-order valence-corrected chi connectivity index (χ4v) is 3.37. The second kappa shape index (κ2) is 5.72. The van der Waals surface area contributed by atoms with Crippen molar-refractivity contribution in [3.63, 3.8) is 0 Å². The topological polar surface area (TPSA) is 84.2 Å². The summed E-state index contributed by atoms with van der Waals surface area (Å²) in [4.78, 5) is 28.4. The molecule has 0 radical (unpaired) electrons. The van der Waals surface area contributed by atoms with Crippen molar-refractivity contribution in [3.05, 3.63) is 50.5 Å². The maximum absolute atomic E-state index is 14.1. The molecule has 124 valence electrons. The van der Waals surface area contributed by atoms with Crippen molar-refractivity contribution in [2.24, 2.45) is 7.05 Å². The molecular weight excluding hydrogens is 333 g/mol. The Hall–Kier alpha value is -2.74.